The van der Waals surface area contributed by atoms with Gasteiger partial charge in [0.05, 0.1) is 18.8 Å². The number of aryl methyl sites for hydroxylation is 1. The first-order chi connectivity index (χ1) is 12.0. The number of hydrogen-bond donors (Lipinski definition) is 2. The highest BCUT2D eigenvalue weighted by molar-refractivity contribution is 5.73. The molecule has 0 radical (unpaired) electrons. The summed E-state index contributed by atoms with van der Waals surface area (Å²) in [6, 6.07) is 3.22. The van der Waals surface area contributed by atoms with Gasteiger partial charge in [-0.2, -0.15) is 0 Å². The Balaban J connectivity index is 1.69. The molecule has 1 atom stereocenters. The zero-order valence-corrected chi connectivity index (χ0v) is 14.8. The van der Waals surface area contributed by atoms with Gasteiger partial charge in [0.2, 0.25) is 0 Å². The normalized spacial score (nSPS) is 22.2. The zero-order chi connectivity index (χ0) is 17.8. The van der Waals surface area contributed by atoms with Crippen molar-refractivity contribution >= 4 is 11.0 Å². The van der Waals surface area contributed by atoms with Gasteiger partial charge < -0.3 is 10.2 Å². The van der Waals surface area contributed by atoms with Crippen LogP contribution in [0.5, 0.6) is 0 Å². The van der Waals surface area contributed by atoms with Gasteiger partial charge in [-0.25, -0.2) is 9.97 Å². The molecule has 1 aliphatic carbocycles. The molecule has 6 nitrogen and oxygen atoms in total. The van der Waals surface area contributed by atoms with E-state index in [0.29, 0.717) is 11.6 Å². The second-order valence-electron chi connectivity index (χ2n) is 7.26. The molecule has 25 heavy (non-hydrogen) atoms. The summed E-state index contributed by atoms with van der Waals surface area (Å²) in [6.45, 7) is 1.89. The van der Waals surface area contributed by atoms with Crippen molar-refractivity contribution in [3.05, 3.63) is 34.5 Å². The second-order valence-corrected chi connectivity index (χ2v) is 7.26. The van der Waals surface area contributed by atoms with E-state index < -0.39 is 6.10 Å². The lowest BCUT2D eigenvalue weighted by Crippen LogP contribution is -2.25. The van der Waals surface area contributed by atoms with E-state index in [0.717, 1.165) is 56.2 Å². The summed E-state index contributed by atoms with van der Waals surface area (Å²) >= 11 is 0. The molecule has 2 aromatic heterocycles. The number of rotatable bonds is 6. The average molecular weight is 345 g/mol. The molecule has 3 rings (SSSR count). The van der Waals surface area contributed by atoms with E-state index in [1.165, 1.54) is 10.6 Å². The van der Waals surface area contributed by atoms with Gasteiger partial charge >= 0.3 is 0 Å². The molecule has 0 aromatic carbocycles. The Bertz CT molecular complexity index is 764. The van der Waals surface area contributed by atoms with Gasteiger partial charge in [0.1, 0.15) is 11.5 Å². The molecule has 1 saturated carbocycles. The molecule has 2 aromatic rings. The largest absolute Gasteiger partial charge is 0.393 e. The van der Waals surface area contributed by atoms with Gasteiger partial charge in [0.15, 0.2) is 0 Å². The van der Waals surface area contributed by atoms with Crippen molar-refractivity contribution in [1.82, 2.24) is 14.5 Å². The Hall–Kier alpha value is -1.79. The summed E-state index contributed by atoms with van der Waals surface area (Å²) < 4.78 is 1.52. The van der Waals surface area contributed by atoms with E-state index in [4.69, 9.17) is 0 Å². The number of aromatic nitrogens is 3. The van der Waals surface area contributed by atoms with Gasteiger partial charge in [0, 0.05) is 24.1 Å². The Labute approximate surface area is 147 Å². The molecule has 1 aliphatic rings. The fourth-order valence-electron chi connectivity index (χ4n) is 3.65. The first kappa shape index (κ1) is 18.0. The number of pyridine rings is 1. The van der Waals surface area contributed by atoms with Crippen LogP contribution in [-0.2, 0) is 13.0 Å². The minimum atomic E-state index is -0.608. The minimum Gasteiger partial charge on any atom is -0.393 e. The topological polar surface area (TPSA) is 88.2 Å². The lowest BCUT2D eigenvalue weighted by molar-refractivity contribution is 0.106. The molecule has 0 aliphatic heterocycles. The van der Waals surface area contributed by atoms with Crippen LogP contribution in [0.25, 0.3) is 11.0 Å². The predicted molar refractivity (Wildman–Crippen MR) is 96.4 cm³/mol. The molecular formula is C19H27N3O3. The predicted octanol–water partition coefficient (Wildman–Crippen LogP) is 2.05. The summed E-state index contributed by atoms with van der Waals surface area (Å²) in [6.07, 6.45) is 8.02. The molecule has 0 bridgehead atoms. The standard InChI is InChI=1S/C19H27N3O3/c1-13(23)12-22-18(25)10-7-15-11-20-17(21-19(15)22)4-2-3-14-5-8-16(24)9-6-14/h7,10-11,13-14,16,23-24H,2-6,8-9,12H2,1H3. The molecule has 6 heteroatoms. The van der Waals surface area contributed by atoms with Crippen molar-refractivity contribution in [2.24, 2.45) is 5.92 Å². The van der Waals surface area contributed by atoms with Crippen LogP contribution in [0, 0.1) is 5.92 Å². The maximum Gasteiger partial charge on any atom is 0.252 e. The van der Waals surface area contributed by atoms with E-state index in [9.17, 15) is 15.0 Å². The highest BCUT2D eigenvalue weighted by Crippen LogP contribution is 2.28. The van der Waals surface area contributed by atoms with Crippen LogP contribution >= 0.6 is 0 Å². The van der Waals surface area contributed by atoms with Crippen LogP contribution in [0.15, 0.2) is 23.1 Å². The van der Waals surface area contributed by atoms with E-state index in [2.05, 4.69) is 9.97 Å². The third-order valence-electron chi connectivity index (χ3n) is 5.05. The van der Waals surface area contributed by atoms with E-state index in [-0.39, 0.29) is 18.2 Å². The van der Waals surface area contributed by atoms with Crippen LogP contribution in [0.3, 0.4) is 0 Å². The second kappa shape index (κ2) is 8.06. The molecule has 0 amide bonds. The lowest BCUT2D eigenvalue weighted by Gasteiger charge is -2.25. The van der Waals surface area contributed by atoms with Crippen molar-refractivity contribution in [2.45, 2.75) is 70.6 Å². The molecule has 0 spiro atoms. The van der Waals surface area contributed by atoms with Crippen LogP contribution in [0.2, 0.25) is 0 Å². The first-order valence-corrected chi connectivity index (χ1v) is 9.24. The number of hydrogen-bond acceptors (Lipinski definition) is 5. The molecule has 136 valence electrons. The highest BCUT2D eigenvalue weighted by Gasteiger charge is 2.19. The quantitative estimate of drug-likeness (QED) is 0.836. The van der Waals surface area contributed by atoms with Crippen LogP contribution in [0.1, 0.15) is 51.3 Å². The number of fused-ring (bicyclic) bond motifs is 1. The molecule has 2 N–H and O–H groups in total. The van der Waals surface area contributed by atoms with Crippen molar-refractivity contribution in [3.63, 3.8) is 0 Å². The zero-order valence-electron chi connectivity index (χ0n) is 14.8. The number of aliphatic hydroxyl groups is 2. The molecule has 0 saturated heterocycles. The van der Waals surface area contributed by atoms with Crippen molar-refractivity contribution in [2.75, 3.05) is 0 Å². The van der Waals surface area contributed by atoms with Gasteiger partial charge in [-0.3, -0.25) is 9.36 Å². The van der Waals surface area contributed by atoms with Crippen molar-refractivity contribution < 1.29 is 10.2 Å². The minimum absolute atomic E-state index is 0.106. The van der Waals surface area contributed by atoms with Gasteiger partial charge in [-0.15, -0.1) is 0 Å². The summed E-state index contributed by atoms with van der Waals surface area (Å²) in [7, 11) is 0. The van der Waals surface area contributed by atoms with E-state index in [1.807, 2.05) is 0 Å². The SMILES string of the molecule is CC(O)Cn1c(=O)ccc2cnc(CCCC3CCC(O)CC3)nc21. The van der Waals surface area contributed by atoms with Gasteiger partial charge in [-0.1, -0.05) is 6.42 Å². The van der Waals surface area contributed by atoms with Crippen molar-refractivity contribution in [1.29, 1.82) is 0 Å². The Morgan fingerprint density at radius 3 is 2.76 bits per heavy atom. The van der Waals surface area contributed by atoms with E-state index in [1.54, 1.807) is 19.2 Å². The Morgan fingerprint density at radius 2 is 2.04 bits per heavy atom. The molecule has 1 fully saturated rings. The van der Waals surface area contributed by atoms with Crippen molar-refractivity contribution in [3.8, 4) is 0 Å². The molecular weight excluding hydrogens is 318 g/mol. The fourth-order valence-corrected chi connectivity index (χ4v) is 3.65. The fraction of sp³-hybridized carbons (Fsp3) is 0.632. The van der Waals surface area contributed by atoms with Crippen LogP contribution < -0.4 is 5.56 Å². The number of nitrogens with zero attached hydrogens (tertiary/aromatic N) is 3. The van der Waals surface area contributed by atoms with E-state index >= 15 is 0 Å². The summed E-state index contributed by atoms with van der Waals surface area (Å²) in [5.41, 5.74) is 0.443. The summed E-state index contributed by atoms with van der Waals surface area (Å²) in [4.78, 5) is 21.1. The Morgan fingerprint density at radius 1 is 1.28 bits per heavy atom. The monoisotopic (exact) mass is 345 g/mol. The molecule has 2 heterocycles. The lowest BCUT2D eigenvalue weighted by atomic mass is 9.84. The molecule has 1 unspecified atom stereocenters. The average Bonchev–Trinajstić information content (AvgIpc) is 2.59. The smallest absolute Gasteiger partial charge is 0.252 e. The maximum atomic E-state index is 12.1. The highest BCUT2D eigenvalue weighted by atomic mass is 16.3. The summed E-state index contributed by atoms with van der Waals surface area (Å²) in [5, 5.41) is 20.0. The third-order valence-corrected chi connectivity index (χ3v) is 5.05. The van der Waals surface area contributed by atoms with Gasteiger partial charge in [0.25, 0.3) is 5.56 Å². The van der Waals surface area contributed by atoms with Gasteiger partial charge in [-0.05, 0) is 51.0 Å². The summed E-state index contributed by atoms with van der Waals surface area (Å²) in [5.74, 6) is 1.44. The van der Waals surface area contributed by atoms with Crippen LogP contribution in [-0.4, -0.2) is 37.0 Å². The Kier molecular flexibility index (Phi) is 5.81. The maximum absolute atomic E-state index is 12.1. The number of aliphatic hydroxyl groups excluding tert-OH is 2. The first-order valence-electron chi connectivity index (χ1n) is 9.24. The third kappa shape index (κ3) is 4.64. The van der Waals surface area contributed by atoms with Crippen LogP contribution in [0.4, 0.5) is 0 Å².